The molecule has 1 aromatic heterocycles. The lowest BCUT2D eigenvalue weighted by atomic mass is 10.3. The van der Waals surface area contributed by atoms with Gasteiger partial charge in [-0.15, -0.1) is 5.10 Å². The molecule has 0 aliphatic carbocycles. The highest BCUT2D eigenvalue weighted by Gasteiger charge is 2.12. The maximum atomic E-state index is 10.7. The second-order valence-corrected chi connectivity index (χ2v) is 5.07. The third kappa shape index (κ3) is 2.73. The second kappa shape index (κ2) is 4.97. The van der Waals surface area contributed by atoms with E-state index in [1.54, 1.807) is 0 Å². The first-order valence-corrected chi connectivity index (χ1v) is 6.23. The Morgan fingerprint density at radius 1 is 1.41 bits per heavy atom. The van der Waals surface area contributed by atoms with Gasteiger partial charge in [0.1, 0.15) is 0 Å². The molecule has 0 aliphatic heterocycles. The molecule has 0 saturated heterocycles. The molecule has 0 amide bonds. The van der Waals surface area contributed by atoms with Gasteiger partial charge in [0.15, 0.2) is 0 Å². The van der Waals surface area contributed by atoms with E-state index in [-0.39, 0.29) is 6.42 Å². The van der Waals surface area contributed by atoms with Gasteiger partial charge in [0.25, 0.3) is 0 Å². The lowest BCUT2D eigenvalue weighted by Crippen LogP contribution is -2.08. The van der Waals surface area contributed by atoms with Crippen molar-refractivity contribution in [1.29, 1.82) is 0 Å². The molecule has 1 aromatic carbocycles. The highest BCUT2D eigenvalue weighted by atomic mass is 79.9. The van der Waals surface area contributed by atoms with Crippen LogP contribution in [0.4, 0.5) is 0 Å². The Hall–Kier alpha value is -1.21. The van der Waals surface area contributed by atoms with Gasteiger partial charge in [-0.2, -0.15) is 0 Å². The first-order chi connectivity index (χ1) is 8.08. The molecule has 0 unspecified atom stereocenters. The van der Waals surface area contributed by atoms with Crippen LogP contribution in [0.1, 0.15) is 5.69 Å². The number of aliphatic carboxylic acids is 1. The van der Waals surface area contributed by atoms with E-state index < -0.39 is 5.97 Å². The van der Waals surface area contributed by atoms with Gasteiger partial charge in [0.2, 0.25) is 0 Å². The van der Waals surface area contributed by atoms with E-state index in [9.17, 15) is 4.79 Å². The largest absolute Gasteiger partial charge is 0.481 e. The van der Waals surface area contributed by atoms with Crippen LogP contribution in [0.15, 0.2) is 33.3 Å². The quantitative estimate of drug-likeness (QED) is 0.912. The molecule has 0 saturated carbocycles. The number of halogens is 2. The van der Waals surface area contributed by atoms with E-state index in [1.807, 2.05) is 18.2 Å². The average molecular weight is 361 g/mol. The van der Waals surface area contributed by atoms with Gasteiger partial charge in [0, 0.05) is 8.95 Å². The van der Waals surface area contributed by atoms with E-state index >= 15 is 0 Å². The summed E-state index contributed by atoms with van der Waals surface area (Å²) in [6.07, 6.45) is 1.33. The molecule has 7 heteroatoms. The third-order valence-electron chi connectivity index (χ3n) is 2.09. The Morgan fingerprint density at radius 2 is 2.18 bits per heavy atom. The van der Waals surface area contributed by atoms with E-state index in [0.717, 1.165) is 14.6 Å². The van der Waals surface area contributed by atoms with Gasteiger partial charge >= 0.3 is 5.97 Å². The van der Waals surface area contributed by atoms with Gasteiger partial charge in [0.05, 0.1) is 24.0 Å². The van der Waals surface area contributed by atoms with Crippen LogP contribution in [0.5, 0.6) is 0 Å². The third-order valence-corrected chi connectivity index (χ3v) is 3.22. The maximum absolute atomic E-state index is 10.7. The summed E-state index contributed by atoms with van der Waals surface area (Å²) in [4.78, 5) is 10.7. The zero-order valence-corrected chi connectivity index (χ0v) is 11.6. The summed E-state index contributed by atoms with van der Waals surface area (Å²) in [5, 5.41) is 16.4. The minimum atomic E-state index is -0.915. The fourth-order valence-electron chi connectivity index (χ4n) is 1.39. The number of nitrogens with zero attached hydrogens (tertiary/aromatic N) is 3. The molecule has 0 bridgehead atoms. The van der Waals surface area contributed by atoms with Crippen molar-refractivity contribution in [3.8, 4) is 5.69 Å². The van der Waals surface area contributed by atoms with Gasteiger partial charge in [-0.25, -0.2) is 4.68 Å². The number of aromatic nitrogens is 3. The van der Waals surface area contributed by atoms with Crippen molar-refractivity contribution in [3.05, 3.63) is 39.0 Å². The fourth-order valence-corrected chi connectivity index (χ4v) is 2.60. The summed E-state index contributed by atoms with van der Waals surface area (Å²) < 4.78 is 3.24. The molecule has 0 fully saturated rings. The zero-order valence-electron chi connectivity index (χ0n) is 8.47. The van der Waals surface area contributed by atoms with Gasteiger partial charge in [-0.3, -0.25) is 4.79 Å². The fraction of sp³-hybridized carbons (Fsp3) is 0.100. The van der Waals surface area contributed by atoms with E-state index in [4.69, 9.17) is 5.11 Å². The SMILES string of the molecule is O=C(O)Cc1cnnn1-c1ccc(Br)cc1Br. The minimum Gasteiger partial charge on any atom is -0.481 e. The van der Waals surface area contributed by atoms with Crippen molar-refractivity contribution in [3.63, 3.8) is 0 Å². The first kappa shape index (κ1) is 12.3. The molecule has 0 aliphatic rings. The Morgan fingerprint density at radius 3 is 2.82 bits per heavy atom. The number of carbonyl (C=O) groups is 1. The van der Waals surface area contributed by atoms with Crippen molar-refractivity contribution >= 4 is 37.8 Å². The number of carboxylic acid groups (broad SMARTS) is 1. The van der Waals surface area contributed by atoms with Crippen molar-refractivity contribution in [1.82, 2.24) is 15.0 Å². The van der Waals surface area contributed by atoms with Crippen LogP contribution in [-0.4, -0.2) is 26.1 Å². The Balaban J connectivity index is 2.46. The van der Waals surface area contributed by atoms with Crippen LogP contribution >= 0.6 is 31.9 Å². The van der Waals surface area contributed by atoms with Crippen LogP contribution in [-0.2, 0) is 11.2 Å². The van der Waals surface area contributed by atoms with Crippen LogP contribution in [0.25, 0.3) is 5.69 Å². The smallest absolute Gasteiger partial charge is 0.309 e. The summed E-state index contributed by atoms with van der Waals surface area (Å²) in [5.74, 6) is -0.915. The van der Waals surface area contributed by atoms with E-state index in [1.165, 1.54) is 10.9 Å². The molecule has 88 valence electrons. The standard InChI is InChI=1S/C10H7Br2N3O2/c11-6-1-2-9(8(12)3-6)15-7(4-10(16)17)5-13-14-15/h1-3,5H,4H2,(H,16,17). The Bertz CT molecular complexity index is 568. The van der Waals surface area contributed by atoms with E-state index in [2.05, 4.69) is 42.2 Å². The van der Waals surface area contributed by atoms with Crippen molar-refractivity contribution in [2.45, 2.75) is 6.42 Å². The molecule has 2 aromatic rings. The lowest BCUT2D eigenvalue weighted by molar-refractivity contribution is -0.136. The predicted octanol–water partition coefficient (Wildman–Crippen LogP) is 2.42. The highest BCUT2D eigenvalue weighted by molar-refractivity contribution is 9.11. The molecule has 17 heavy (non-hydrogen) atoms. The molecule has 0 spiro atoms. The average Bonchev–Trinajstić information content (AvgIpc) is 2.65. The maximum Gasteiger partial charge on any atom is 0.309 e. The summed E-state index contributed by atoms with van der Waals surface area (Å²) in [6.45, 7) is 0. The molecular weight excluding hydrogens is 354 g/mol. The molecule has 5 nitrogen and oxygen atoms in total. The van der Waals surface area contributed by atoms with Crippen LogP contribution in [0, 0.1) is 0 Å². The number of hydrogen-bond acceptors (Lipinski definition) is 3. The lowest BCUT2D eigenvalue weighted by Gasteiger charge is -2.07. The summed E-state index contributed by atoms with van der Waals surface area (Å²) >= 11 is 6.75. The Kier molecular flexibility index (Phi) is 3.58. The summed E-state index contributed by atoms with van der Waals surface area (Å²) in [7, 11) is 0. The van der Waals surface area contributed by atoms with Crippen molar-refractivity contribution in [2.75, 3.05) is 0 Å². The van der Waals surface area contributed by atoms with Gasteiger partial charge < -0.3 is 5.11 Å². The van der Waals surface area contributed by atoms with Crippen LogP contribution in [0.2, 0.25) is 0 Å². The molecule has 0 atom stereocenters. The normalized spacial score (nSPS) is 10.5. The van der Waals surface area contributed by atoms with Crippen LogP contribution in [0.3, 0.4) is 0 Å². The summed E-state index contributed by atoms with van der Waals surface area (Å²) in [6, 6.07) is 5.54. The number of carboxylic acids is 1. The molecular formula is C10H7Br2N3O2. The number of benzene rings is 1. The number of hydrogen-bond donors (Lipinski definition) is 1. The van der Waals surface area contributed by atoms with Crippen molar-refractivity contribution in [2.24, 2.45) is 0 Å². The molecule has 0 radical (unpaired) electrons. The van der Waals surface area contributed by atoms with Gasteiger partial charge in [-0.1, -0.05) is 21.1 Å². The monoisotopic (exact) mass is 359 g/mol. The molecule has 1 heterocycles. The first-order valence-electron chi connectivity index (χ1n) is 4.64. The minimum absolute atomic E-state index is 0.116. The zero-order chi connectivity index (χ0) is 12.4. The number of rotatable bonds is 3. The van der Waals surface area contributed by atoms with E-state index in [0.29, 0.717) is 5.69 Å². The van der Waals surface area contributed by atoms with Gasteiger partial charge in [-0.05, 0) is 34.1 Å². The highest BCUT2D eigenvalue weighted by Crippen LogP contribution is 2.25. The molecule has 1 N–H and O–H groups in total. The van der Waals surface area contributed by atoms with Crippen molar-refractivity contribution < 1.29 is 9.90 Å². The topological polar surface area (TPSA) is 68.0 Å². The molecule has 2 rings (SSSR count). The second-order valence-electron chi connectivity index (χ2n) is 3.30. The summed E-state index contributed by atoms with van der Waals surface area (Å²) in [5.41, 5.74) is 1.28. The Labute approximate surface area is 114 Å². The predicted molar refractivity (Wildman–Crippen MR) is 68.1 cm³/mol. The van der Waals surface area contributed by atoms with Crippen LogP contribution < -0.4 is 0 Å².